The Balaban J connectivity index is 2.37. The Labute approximate surface area is 114 Å². The number of alkyl halides is 2. The highest BCUT2D eigenvalue weighted by molar-refractivity contribution is 6.58. The van der Waals surface area contributed by atoms with Gasteiger partial charge in [0.1, 0.15) is 11.7 Å². The van der Waals surface area contributed by atoms with Crippen LogP contribution in [-0.2, 0) is 9.47 Å². The van der Waals surface area contributed by atoms with Crippen LogP contribution in [0.2, 0.25) is 0 Å². The first-order valence-corrected chi connectivity index (χ1v) is 6.34. The summed E-state index contributed by atoms with van der Waals surface area (Å²) in [5.74, 6) is 0. The van der Waals surface area contributed by atoms with Gasteiger partial charge in [-0.05, 0) is 13.0 Å². The standard InChI is InChI=1S/C10H10Cl4O2/c1-2-15-5-9-4-3-6(16-9)10(13,14)8(12)7(9)11/h3-4,6H,2,5H2,1H3. The Morgan fingerprint density at radius 3 is 2.69 bits per heavy atom. The first-order chi connectivity index (χ1) is 7.44. The minimum absolute atomic E-state index is 0.207. The number of hydrogen-bond acceptors (Lipinski definition) is 2. The highest BCUT2D eigenvalue weighted by atomic mass is 35.5. The van der Waals surface area contributed by atoms with Crippen LogP contribution in [-0.4, -0.2) is 29.3 Å². The smallest absolute Gasteiger partial charge is 0.184 e. The summed E-state index contributed by atoms with van der Waals surface area (Å²) < 4.78 is 9.73. The molecule has 0 radical (unpaired) electrons. The summed E-state index contributed by atoms with van der Waals surface area (Å²) in [6, 6.07) is 0. The first-order valence-electron chi connectivity index (χ1n) is 4.83. The molecular formula is C10H10Cl4O2. The fourth-order valence-corrected chi connectivity index (χ4v) is 2.82. The molecule has 2 nitrogen and oxygen atoms in total. The lowest BCUT2D eigenvalue weighted by molar-refractivity contribution is -0.0572. The summed E-state index contributed by atoms with van der Waals surface area (Å²) >= 11 is 24.4. The van der Waals surface area contributed by atoms with Crippen molar-refractivity contribution < 1.29 is 9.47 Å². The lowest BCUT2D eigenvalue weighted by atomic mass is 10.0. The van der Waals surface area contributed by atoms with Crippen molar-refractivity contribution in [3.05, 3.63) is 22.2 Å². The van der Waals surface area contributed by atoms with Crippen molar-refractivity contribution in [2.24, 2.45) is 0 Å². The maximum atomic E-state index is 6.16. The summed E-state index contributed by atoms with van der Waals surface area (Å²) in [5.41, 5.74) is -0.827. The van der Waals surface area contributed by atoms with Crippen molar-refractivity contribution in [3.8, 4) is 0 Å². The van der Waals surface area contributed by atoms with E-state index in [1.54, 1.807) is 12.2 Å². The number of ether oxygens (including phenoxy) is 2. The topological polar surface area (TPSA) is 18.5 Å². The van der Waals surface area contributed by atoms with Gasteiger partial charge in [-0.2, -0.15) is 0 Å². The van der Waals surface area contributed by atoms with E-state index in [1.807, 2.05) is 6.92 Å². The molecule has 0 aromatic rings. The Kier molecular flexibility index (Phi) is 3.53. The van der Waals surface area contributed by atoms with Gasteiger partial charge in [-0.25, -0.2) is 0 Å². The third-order valence-corrected chi connectivity index (χ3v) is 4.71. The molecule has 0 aliphatic carbocycles. The van der Waals surface area contributed by atoms with E-state index in [2.05, 4.69) is 0 Å². The van der Waals surface area contributed by atoms with Gasteiger partial charge in [0.15, 0.2) is 4.33 Å². The zero-order valence-corrected chi connectivity index (χ0v) is 11.5. The van der Waals surface area contributed by atoms with Crippen LogP contribution in [0.3, 0.4) is 0 Å². The van der Waals surface area contributed by atoms with Crippen molar-refractivity contribution in [2.75, 3.05) is 13.2 Å². The quantitative estimate of drug-likeness (QED) is 0.586. The molecule has 0 aromatic carbocycles. The lowest BCUT2D eigenvalue weighted by Gasteiger charge is -2.38. The molecule has 2 heterocycles. The van der Waals surface area contributed by atoms with Gasteiger partial charge in [0.2, 0.25) is 0 Å². The Hall–Kier alpha value is 0.560. The van der Waals surface area contributed by atoms with Gasteiger partial charge in [-0.1, -0.05) is 52.5 Å². The zero-order chi connectivity index (χ0) is 12.0. The monoisotopic (exact) mass is 302 g/mol. The molecule has 0 saturated carbocycles. The average molecular weight is 304 g/mol. The third kappa shape index (κ3) is 1.80. The maximum absolute atomic E-state index is 6.16. The molecule has 2 atom stereocenters. The van der Waals surface area contributed by atoms with E-state index < -0.39 is 16.0 Å². The molecule has 2 aliphatic heterocycles. The highest BCUT2D eigenvalue weighted by Gasteiger charge is 2.55. The minimum Gasteiger partial charge on any atom is -0.378 e. The van der Waals surface area contributed by atoms with E-state index in [0.29, 0.717) is 13.2 Å². The Bertz CT molecular complexity index is 364. The molecule has 0 amide bonds. The van der Waals surface area contributed by atoms with Gasteiger partial charge in [0, 0.05) is 6.61 Å². The maximum Gasteiger partial charge on any atom is 0.184 e. The van der Waals surface area contributed by atoms with Gasteiger partial charge < -0.3 is 9.47 Å². The van der Waals surface area contributed by atoms with Gasteiger partial charge in [0.05, 0.1) is 16.7 Å². The molecule has 0 saturated heterocycles. The van der Waals surface area contributed by atoms with Crippen LogP contribution in [0.5, 0.6) is 0 Å². The molecule has 2 bridgehead atoms. The number of fused-ring (bicyclic) bond motifs is 2. The van der Waals surface area contributed by atoms with Crippen LogP contribution in [0.1, 0.15) is 6.92 Å². The van der Waals surface area contributed by atoms with E-state index in [4.69, 9.17) is 55.9 Å². The Morgan fingerprint density at radius 1 is 1.38 bits per heavy atom. The molecule has 0 aromatic heterocycles. The van der Waals surface area contributed by atoms with Gasteiger partial charge in [-0.3, -0.25) is 0 Å². The molecule has 6 heteroatoms. The van der Waals surface area contributed by atoms with E-state index >= 15 is 0 Å². The van der Waals surface area contributed by atoms with Crippen molar-refractivity contribution in [3.63, 3.8) is 0 Å². The van der Waals surface area contributed by atoms with Crippen LogP contribution in [0.4, 0.5) is 0 Å². The summed E-state index contributed by atoms with van der Waals surface area (Å²) in [4.78, 5) is 0. The summed E-state index contributed by atoms with van der Waals surface area (Å²) in [5, 5.41) is 0.496. The van der Waals surface area contributed by atoms with E-state index in [9.17, 15) is 0 Å². The normalized spacial score (nSPS) is 35.9. The molecule has 0 spiro atoms. The molecule has 2 aliphatic rings. The number of rotatable bonds is 3. The van der Waals surface area contributed by atoms with Crippen LogP contribution in [0.15, 0.2) is 22.2 Å². The fraction of sp³-hybridized carbons (Fsp3) is 0.600. The molecule has 90 valence electrons. The van der Waals surface area contributed by atoms with Gasteiger partial charge in [-0.15, -0.1) is 0 Å². The zero-order valence-electron chi connectivity index (χ0n) is 8.47. The van der Waals surface area contributed by atoms with E-state index in [0.717, 1.165) is 0 Å². The van der Waals surface area contributed by atoms with Crippen molar-refractivity contribution in [2.45, 2.75) is 23.0 Å². The largest absolute Gasteiger partial charge is 0.378 e. The molecule has 2 rings (SSSR count). The second kappa shape index (κ2) is 4.34. The van der Waals surface area contributed by atoms with Crippen LogP contribution in [0.25, 0.3) is 0 Å². The fourth-order valence-electron chi connectivity index (χ4n) is 1.72. The van der Waals surface area contributed by atoms with Crippen LogP contribution < -0.4 is 0 Å². The first kappa shape index (κ1) is 13.0. The lowest BCUT2D eigenvalue weighted by Crippen LogP contribution is -2.46. The van der Waals surface area contributed by atoms with Gasteiger partial charge >= 0.3 is 0 Å². The molecule has 2 unspecified atom stereocenters. The molecule has 0 N–H and O–H groups in total. The molecule has 16 heavy (non-hydrogen) atoms. The summed E-state index contributed by atoms with van der Waals surface area (Å²) in [6.07, 6.45) is 3.06. The number of hydrogen-bond donors (Lipinski definition) is 0. The van der Waals surface area contributed by atoms with Crippen molar-refractivity contribution in [1.82, 2.24) is 0 Å². The predicted octanol–water partition coefficient (Wildman–Crippen LogP) is 3.59. The van der Waals surface area contributed by atoms with E-state index in [1.165, 1.54) is 0 Å². The third-order valence-electron chi connectivity index (χ3n) is 2.61. The predicted molar refractivity (Wildman–Crippen MR) is 66.4 cm³/mol. The molecule has 0 fully saturated rings. The summed E-state index contributed by atoms with van der Waals surface area (Å²) in [6.45, 7) is 2.76. The second-order valence-electron chi connectivity index (χ2n) is 3.68. The summed E-state index contributed by atoms with van der Waals surface area (Å²) in [7, 11) is 0. The van der Waals surface area contributed by atoms with Crippen LogP contribution in [0, 0.1) is 0 Å². The minimum atomic E-state index is -1.32. The van der Waals surface area contributed by atoms with Crippen molar-refractivity contribution in [1.29, 1.82) is 0 Å². The number of halogens is 4. The van der Waals surface area contributed by atoms with Crippen molar-refractivity contribution >= 4 is 46.4 Å². The Morgan fingerprint density at radius 2 is 2.06 bits per heavy atom. The van der Waals surface area contributed by atoms with E-state index in [-0.39, 0.29) is 10.1 Å². The molecular weight excluding hydrogens is 294 g/mol. The second-order valence-corrected chi connectivity index (χ2v) is 5.82. The average Bonchev–Trinajstić information content (AvgIpc) is 2.67. The van der Waals surface area contributed by atoms with Gasteiger partial charge in [0.25, 0.3) is 0 Å². The SMILES string of the molecule is CCOCC12C=CC(O1)C(Cl)(Cl)C(Cl)=C2Cl. The highest BCUT2D eigenvalue weighted by Crippen LogP contribution is 2.53. The van der Waals surface area contributed by atoms with Crippen LogP contribution >= 0.6 is 46.4 Å².